The van der Waals surface area contributed by atoms with Crippen LogP contribution in [0, 0.1) is 5.92 Å². The first kappa shape index (κ1) is 10.5. The molecule has 0 saturated heterocycles. The van der Waals surface area contributed by atoms with Crippen LogP contribution in [-0.2, 0) is 0 Å². The zero-order valence-corrected chi connectivity index (χ0v) is 7.87. The van der Waals surface area contributed by atoms with E-state index in [1.165, 1.54) is 0 Å². The Balaban J connectivity index is 3.36. The van der Waals surface area contributed by atoms with Crippen LogP contribution in [0.3, 0.4) is 0 Å². The lowest BCUT2D eigenvalue weighted by Crippen LogP contribution is -2.09. The molecule has 0 aromatic rings. The van der Waals surface area contributed by atoms with Crippen LogP contribution in [-0.4, -0.2) is 10.6 Å². The van der Waals surface area contributed by atoms with Crippen molar-refractivity contribution in [2.45, 2.75) is 25.9 Å². The monoisotopic (exact) mass is 266 g/mol. The molecule has 0 aliphatic carbocycles. The first-order chi connectivity index (χ1) is 4.45. The first-order valence-corrected chi connectivity index (χ1v) is 4.61. The molecule has 0 fully saturated rings. The third kappa shape index (κ3) is 6.64. The molecule has 0 nitrogen and oxygen atoms in total. The van der Waals surface area contributed by atoms with Gasteiger partial charge in [0.1, 0.15) is 0 Å². The lowest BCUT2D eigenvalue weighted by Gasteiger charge is -2.09. The van der Waals surface area contributed by atoms with Gasteiger partial charge in [-0.05, 0) is 12.3 Å². The van der Waals surface area contributed by atoms with E-state index in [1.807, 2.05) is 6.92 Å². The molecule has 0 amide bonds. The van der Waals surface area contributed by atoms with Crippen LogP contribution < -0.4 is 0 Å². The molecule has 0 heterocycles. The van der Waals surface area contributed by atoms with Crippen LogP contribution in [0.2, 0.25) is 0 Å². The molecule has 1 unspecified atom stereocenters. The fraction of sp³-hybridized carbons (Fsp3) is 1.00. The van der Waals surface area contributed by atoms with Crippen molar-refractivity contribution in [3.63, 3.8) is 0 Å². The lowest BCUT2D eigenvalue weighted by atomic mass is 10.1. The van der Waals surface area contributed by atoms with Gasteiger partial charge in [-0.1, -0.05) is 29.5 Å². The van der Waals surface area contributed by atoms with E-state index in [2.05, 4.69) is 22.6 Å². The Morgan fingerprint density at radius 2 is 1.90 bits per heavy atom. The summed E-state index contributed by atoms with van der Waals surface area (Å²) in [4.78, 5) is 0. The molecule has 0 aromatic heterocycles. The topological polar surface area (TPSA) is 0 Å². The van der Waals surface area contributed by atoms with Crippen molar-refractivity contribution in [2.75, 3.05) is 4.43 Å². The average molecular weight is 266 g/mol. The van der Waals surface area contributed by atoms with Gasteiger partial charge in [0.2, 0.25) is 0 Å². The van der Waals surface area contributed by atoms with Gasteiger partial charge in [0.15, 0.2) is 0 Å². The molecule has 0 radical (unpaired) electrons. The van der Waals surface area contributed by atoms with Crippen molar-refractivity contribution in [2.24, 2.45) is 5.92 Å². The lowest BCUT2D eigenvalue weighted by molar-refractivity contribution is -0.136. The van der Waals surface area contributed by atoms with E-state index in [0.29, 0.717) is 0 Å². The number of halogens is 4. The largest absolute Gasteiger partial charge is 0.389 e. The molecule has 1 atom stereocenters. The SMILES string of the molecule is CC(CI)CCC(F)(F)F. The zero-order chi connectivity index (χ0) is 8.20. The highest BCUT2D eigenvalue weighted by molar-refractivity contribution is 14.1. The smallest absolute Gasteiger partial charge is 0.171 e. The van der Waals surface area contributed by atoms with E-state index in [9.17, 15) is 13.2 Å². The van der Waals surface area contributed by atoms with E-state index in [0.717, 1.165) is 4.43 Å². The fourth-order valence-corrected chi connectivity index (χ4v) is 0.928. The summed E-state index contributed by atoms with van der Waals surface area (Å²) in [5.74, 6) is 0.183. The Morgan fingerprint density at radius 3 is 2.20 bits per heavy atom. The van der Waals surface area contributed by atoms with Crippen LogP contribution >= 0.6 is 22.6 Å². The van der Waals surface area contributed by atoms with Gasteiger partial charge in [-0.15, -0.1) is 0 Å². The molecule has 0 aliphatic rings. The number of rotatable bonds is 3. The van der Waals surface area contributed by atoms with Gasteiger partial charge in [-0.25, -0.2) is 0 Å². The Bertz CT molecular complexity index is 89.5. The van der Waals surface area contributed by atoms with Gasteiger partial charge in [-0.2, -0.15) is 13.2 Å². The maximum atomic E-state index is 11.5. The average Bonchev–Trinajstić information content (AvgIpc) is 1.81. The Labute approximate surface area is 72.3 Å². The van der Waals surface area contributed by atoms with Gasteiger partial charge >= 0.3 is 6.18 Å². The fourth-order valence-electron chi connectivity index (χ4n) is 0.487. The summed E-state index contributed by atoms with van der Waals surface area (Å²) in [6, 6.07) is 0. The minimum absolute atomic E-state index is 0.183. The summed E-state index contributed by atoms with van der Waals surface area (Å²) in [5.41, 5.74) is 0. The maximum Gasteiger partial charge on any atom is 0.389 e. The first-order valence-electron chi connectivity index (χ1n) is 3.08. The van der Waals surface area contributed by atoms with E-state index >= 15 is 0 Å². The molecular weight excluding hydrogens is 256 g/mol. The Hall–Kier alpha value is 0.520. The molecule has 0 saturated carbocycles. The number of hydrogen-bond donors (Lipinski definition) is 0. The Morgan fingerprint density at radius 1 is 1.40 bits per heavy atom. The summed E-state index contributed by atoms with van der Waals surface area (Å²) < 4.78 is 35.4. The molecule has 0 spiro atoms. The van der Waals surface area contributed by atoms with Crippen molar-refractivity contribution in [1.29, 1.82) is 0 Å². The molecule has 0 aromatic carbocycles. The summed E-state index contributed by atoms with van der Waals surface area (Å²) in [6.45, 7) is 1.83. The quantitative estimate of drug-likeness (QED) is 0.542. The third-order valence-electron chi connectivity index (χ3n) is 1.18. The highest BCUT2D eigenvalue weighted by Crippen LogP contribution is 2.24. The zero-order valence-electron chi connectivity index (χ0n) is 5.71. The van der Waals surface area contributed by atoms with Crippen LogP contribution in [0.4, 0.5) is 13.2 Å². The van der Waals surface area contributed by atoms with Gasteiger partial charge < -0.3 is 0 Å². The van der Waals surface area contributed by atoms with E-state index in [1.54, 1.807) is 0 Å². The van der Waals surface area contributed by atoms with Crippen molar-refractivity contribution in [3.8, 4) is 0 Å². The molecule has 62 valence electrons. The summed E-state index contributed by atoms with van der Waals surface area (Å²) in [5, 5.41) is 0. The molecule has 0 rings (SSSR count). The van der Waals surface area contributed by atoms with Crippen LogP contribution in [0.15, 0.2) is 0 Å². The second kappa shape index (κ2) is 4.41. The predicted octanol–water partition coefficient (Wildman–Crippen LogP) is 3.40. The third-order valence-corrected chi connectivity index (χ3v) is 2.69. The van der Waals surface area contributed by atoms with Crippen molar-refractivity contribution < 1.29 is 13.2 Å². The number of alkyl halides is 4. The highest BCUT2D eigenvalue weighted by Gasteiger charge is 2.26. The van der Waals surface area contributed by atoms with Crippen molar-refractivity contribution in [3.05, 3.63) is 0 Å². The van der Waals surface area contributed by atoms with Crippen LogP contribution in [0.1, 0.15) is 19.8 Å². The molecule has 4 heteroatoms. The second-order valence-electron chi connectivity index (χ2n) is 2.41. The molecule has 0 aliphatic heterocycles. The second-order valence-corrected chi connectivity index (χ2v) is 3.29. The molecule has 10 heavy (non-hydrogen) atoms. The van der Waals surface area contributed by atoms with Gasteiger partial charge in [-0.3, -0.25) is 0 Å². The van der Waals surface area contributed by atoms with E-state index in [-0.39, 0.29) is 12.3 Å². The van der Waals surface area contributed by atoms with Crippen molar-refractivity contribution >= 4 is 22.6 Å². The molecular formula is C6H10F3I. The molecule has 0 N–H and O–H groups in total. The van der Waals surface area contributed by atoms with Crippen molar-refractivity contribution in [1.82, 2.24) is 0 Å². The minimum atomic E-state index is -3.97. The van der Waals surface area contributed by atoms with Gasteiger partial charge in [0, 0.05) is 10.8 Å². The van der Waals surface area contributed by atoms with Crippen LogP contribution in [0.25, 0.3) is 0 Å². The minimum Gasteiger partial charge on any atom is -0.171 e. The van der Waals surface area contributed by atoms with E-state index in [4.69, 9.17) is 0 Å². The molecule has 0 bridgehead atoms. The normalized spacial score (nSPS) is 15.3. The standard InChI is InChI=1S/C6H10F3I/c1-5(4-10)2-3-6(7,8)9/h5H,2-4H2,1H3. The number of hydrogen-bond acceptors (Lipinski definition) is 0. The highest BCUT2D eigenvalue weighted by atomic mass is 127. The predicted molar refractivity (Wildman–Crippen MR) is 43.3 cm³/mol. The summed E-state index contributed by atoms with van der Waals surface area (Å²) in [7, 11) is 0. The van der Waals surface area contributed by atoms with Gasteiger partial charge in [0.05, 0.1) is 0 Å². The summed E-state index contributed by atoms with van der Waals surface area (Å²) in [6.07, 6.45) is -4.36. The Kier molecular flexibility index (Phi) is 4.64. The van der Waals surface area contributed by atoms with Crippen LogP contribution in [0.5, 0.6) is 0 Å². The maximum absolute atomic E-state index is 11.5. The van der Waals surface area contributed by atoms with Gasteiger partial charge in [0.25, 0.3) is 0 Å². The summed E-state index contributed by atoms with van der Waals surface area (Å²) >= 11 is 2.10. The van der Waals surface area contributed by atoms with E-state index < -0.39 is 12.6 Å².